The predicted molar refractivity (Wildman–Crippen MR) is 55.4 cm³/mol. The van der Waals surface area contributed by atoms with Crippen LogP contribution < -0.4 is 0 Å². The van der Waals surface area contributed by atoms with Gasteiger partial charge in [0.1, 0.15) is 0 Å². The topological polar surface area (TPSA) is 20.2 Å². The van der Waals surface area contributed by atoms with Gasteiger partial charge in [-0.3, -0.25) is 0 Å². The van der Waals surface area contributed by atoms with Crippen molar-refractivity contribution in [1.82, 2.24) is 0 Å². The summed E-state index contributed by atoms with van der Waals surface area (Å²) >= 11 is 0. The van der Waals surface area contributed by atoms with Crippen LogP contribution in [-0.4, -0.2) is 5.11 Å². The summed E-state index contributed by atoms with van der Waals surface area (Å²) in [6.45, 7) is 3.71. The number of allylic oxidation sites excluding steroid dienone is 3. The average Bonchev–Trinajstić information content (AvgIpc) is 2.19. The zero-order valence-electron chi connectivity index (χ0n) is 7.61. The fourth-order valence-corrected chi connectivity index (χ4v) is 1.08. The first-order chi connectivity index (χ1) is 6.36. The molecule has 68 valence electrons. The van der Waals surface area contributed by atoms with E-state index in [0.717, 1.165) is 12.0 Å². The van der Waals surface area contributed by atoms with Crippen LogP contribution in [0.4, 0.5) is 0 Å². The van der Waals surface area contributed by atoms with Gasteiger partial charge in [-0.2, -0.15) is 0 Å². The Kier molecular flexibility index (Phi) is 4.00. The molecule has 13 heavy (non-hydrogen) atoms. The Balaban J connectivity index is 2.58. The van der Waals surface area contributed by atoms with Gasteiger partial charge in [0.05, 0.1) is 6.61 Å². The predicted octanol–water partition coefficient (Wildman–Crippen LogP) is 2.46. The van der Waals surface area contributed by atoms with E-state index in [1.54, 1.807) is 6.08 Å². The van der Waals surface area contributed by atoms with Gasteiger partial charge in [0.15, 0.2) is 0 Å². The third kappa shape index (κ3) is 3.26. The van der Waals surface area contributed by atoms with Crippen LogP contribution in [-0.2, 0) is 13.0 Å². The van der Waals surface area contributed by atoms with Gasteiger partial charge >= 0.3 is 0 Å². The van der Waals surface area contributed by atoms with E-state index in [1.165, 1.54) is 5.56 Å². The molecule has 0 aromatic heterocycles. The van der Waals surface area contributed by atoms with Crippen LogP contribution in [0.25, 0.3) is 0 Å². The molecule has 0 saturated heterocycles. The van der Waals surface area contributed by atoms with Crippen LogP contribution in [0.15, 0.2) is 49.1 Å². The zero-order valence-corrected chi connectivity index (χ0v) is 7.61. The molecule has 1 rings (SSSR count). The number of hydrogen-bond donors (Lipinski definition) is 1. The minimum Gasteiger partial charge on any atom is -0.392 e. The minimum atomic E-state index is 0.114. The van der Waals surface area contributed by atoms with Gasteiger partial charge in [0.25, 0.3) is 0 Å². The molecule has 1 heteroatoms. The molecule has 0 aliphatic rings. The van der Waals surface area contributed by atoms with Crippen molar-refractivity contribution in [2.24, 2.45) is 0 Å². The zero-order chi connectivity index (χ0) is 9.52. The summed E-state index contributed by atoms with van der Waals surface area (Å²) in [5.41, 5.74) is 2.20. The second kappa shape index (κ2) is 5.33. The van der Waals surface area contributed by atoms with Crippen molar-refractivity contribution in [2.75, 3.05) is 0 Å². The SMILES string of the molecule is C=CC=CCc1ccc(CO)cc1. The van der Waals surface area contributed by atoms with Gasteiger partial charge in [-0.05, 0) is 17.5 Å². The van der Waals surface area contributed by atoms with Gasteiger partial charge in [-0.1, -0.05) is 49.1 Å². The number of rotatable bonds is 4. The Bertz CT molecular complexity index is 282. The number of hydrogen-bond acceptors (Lipinski definition) is 1. The Hall–Kier alpha value is -1.34. The number of aliphatic hydroxyl groups is 1. The summed E-state index contributed by atoms with van der Waals surface area (Å²) in [4.78, 5) is 0. The van der Waals surface area contributed by atoms with Crippen molar-refractivity contribution < 1.29 is 5.11 Å². The van der Waals surface area contributed by atoms with E-state index in [0.29, 0.717) is 0 Å². The Morgan fingerprint density at radius 3 is 2.31 bits per heavy atom. The van der Waals surface area contributed by atoms with Crippen molar-refractivity contribution in [2.45, 2.75) is 13.0 Å². The molecular weight excluding hydrogens is 160 g/mol. The molecule has 0 fully saturated rings. The van der Waals surface area contributed by atoms with Gasteiger partial charge in [-0.25, -0.2) is 0 Å². The van der Waals surface area contributed by atoms with E-state index in [4.69, 9.17) is 5.11 Å². The van der Waals surface area contributed by atoms with Crippen LogP contribution in [0.5, 0.6) is 0 Å². The third-order valence-electron chi connectivity index (χ3n) is 1.83. The van der Waals surface area contributed by atoms with Crippen LogP contribution in [0, 0.1) is 0 Å². The first-order valence-corrected chi connectivity index (χ1v) is 4.33. The summed E-state index contributed by atoms with van der Waals surface area (Å²) in [7, 11) is 0. The highest BCUT2D eigenvalue weighted by Crippen LogP contribution is 2.05. The van der Waals surface area contributed by atoms with E-state index in [9.17, 15) is 0 Å². The van der Waals surface area contributed by atoms with Gasteiger partial charge in [-0.15, -0.1) is 0 Å². The van der Waals surface area contributed by atoms with Crippen molar-refractivity contribution in [3.05, 3.63) is 60.2 Å². The largest absolute Gasteiger partial charge is 0.392 e. The second-order valence-corrected chi connectivity index (χ2v) is 2.84. The highest BCUT2D eigenvalue weighted by atomic mass is 16.3. The molecule has 0 heterocycles. The first kappa shape index (κ1) is 9.75. The quantitative estimate of drug-likeness (QED) is 0.695. The van der Waals surface area contributed by atoms with Crippen molar-refractivity contribution in [3.63, 3.8) is 0 Å². The molecule has 1 N–H and O–H groups in total. The summed E-state index contributed by atoms with van der Waals surface area (Å²) in [5, 5.41) is 8.82. The van der Waals surface area contributed by atoms with Crippen molar-refractivity contribution >= 4 is 0 Å². The molecule has 1 aromatic rings. The first-order valence-electron chi connectivity index (χ1n) is 4.33. The standard InChI is InChI=1S/C12H14O/c1-2-3-4-5-11-6-8-12(10-13)9-7-11/h2-4,6-9,13H,1,5,10H2. The maximum Gasteiger partial charge on any atom is 0.0681 e. The monoisotopic (exact) mass is 174 g/mol. The molecule has 0 aliphatic carbocycles. The fraction of sp³-hybridized carbons (Fsp3) is 0.167. The van der Waals surface area contributed by atoms with Crippen LogP contribution in [0.3, 0.4) is 0 Å². The lowest BCUT2D eigenvalue weighted by Crippen LogP contribution is -1.84. The lowest BCUT2D eigenvalue weighted by Gasteiger charge is -1.98. The molecule has 0 spiro atoms. The highest BCUT2D eigenvalue weighted by molar-refractivity contribution is 5.24. The molecule has 0 bridgehead atoms. The summed E-state index contributed by atoms with van der Waals surface area (Å²) in [6, 6.07) is 7.94. The second-order valence-electron chi connectivity index (χ2n) is 2.84. The molecule has 1 aromatic carbocycles. The molecule has 0 unspecified atom stereocenters. The Morgan fingerprint density at radius 2 is 1.77 bits per heavy atom. The van der Waals surface area contributed by atoms with E-state index >= 15 is 0 Å². The molecular formula is C12H14O. The van der Waals surface area contributed by atoms with E-state index < -0.39 is 0 Å². The van der Waals surface area contributed by atoms with Crippen LogP contribution in [0.1, 0.15) is 11.1 Å². The number of aliphatic hydroxyl groups excluding tert-OH is 1. The molecule has 0 radical (unpaired) electrons. The van der Waals surface area contributed by atoms with Crippen molar-refractivity contribution in [3.8, 4) is 0 Å². The van der Waals surface area contributed by atoms with Crippen LogP contribution >= 0.6 is 0 Å². The highest BCUT2D eigenvalue weighted by Gasteiger charge is 1.90. The average molecular weight is 174 g/mol. The van der Waals surface area contributed by atoms with E-state index in [-0.39, 0.29) is 6.61 Å². The summed E-state index contributed by atoms with van der Waals surface area (Å²) < 4.78 is 0. The summed E-state index contributed by atoms with van der Waals surface area (Å²) in [6.07, 6.45) is 6.67. The van der Waals surface area contributed by atoms with Gasteiger partial charge < -0.3 is 5.11 Å². The Morgan fingerprint density at radius 1 is 1.15 bits per heavy atom. The molecule has 0 amide bonds. The van der Waals surface area contributed by atoms with E-state index in [2.05, 4.69) is 12.7 Å². The molecule has 1 nitrogen and oxygen atoms in total. The smallest absolute Gasteiger partial charge is 0.0681 e. The van der Waals surface area contributed by atoms with Gasteiger partial charge in [0, 0.05) is 0 Å². The van der Waals surface area contributed by atoms with E-state index in [1.807, 2.05) is 30.3 Å². The van der Waals surface area contributed by atoms with Crippen LogP contribution in [0.2, 0.25) is 0 Å². The third-order valence-corrected chi connectivity index (χ3v) is 1.83. The fourth-order valence-electron chi connectivity index (χ4n) is 1.08. The lowest BCUT2D eigenvalue weighted by molar-refractivity contribution is 0.282. The Labute approximate surface area is 79.0 Å². The molecule has 0 aliphatic heterocycles. The lowest BCUT2D eigenvalue weighted by atomic mass is 10.1. The molecule has 0 atom stereocenters. The summed E-state index contributed by atoms with van der Waals surface area (Å²) in [5.74, 6) is 0. The minimum absolute atomic E-state index is 0.114. The normalized spacial score (nSPS) is 10.5. The molecule has 0 saturated carbocycles. The number of benzene rings is 1. The van der Waals surface area contributed by atoms with Crippen molar-refractivity contribution in [1.29, 1.82) is 0 Å². The maximum absolute atomic E-state index is 8.82. The van der Waals surface area contributed by atoms with Gasteiger partial charge in [0.2, 0.25) is 0 Å². The maximum atomic E-state index is 8.82.